The number of Topliss-reactive ketones (excluding diaryl/α,β-unsaturated/α-hetero) is 1. The molecule has 1 aliphatic rings. The lowest BCUT2D eigenvalue weighted by atomic mass is 10.1. The van der Waals surface area contributed by atoms with Gasteiger partial charge in [-0.05, 0) is 26.0 Å². The highest BCUT2D eigenvalue weighted by Gasteiger charge is 2.25. The molecular formula is C18H21N2O+. The highest BCUT2D eigenvalue weighted by Crippen LogP contribution is 2.14. The summed E-state index contributed by atoms with van der Waals surface area (Å²) in [6, 6.07) is 12.1. The summed E-state index contributed by atoms with van der Waals surface area (Å²) >= 11 is 0. The molecule has 0 amide bonds. The van der Waals surface area contributed by atoms with Crippen molar-refractivity contribution in [1.29, 1.82) is 0 Å². The minimum atomic E-state index is 0.186. The van der Waals surface area contributed by atoms with E-state index in [0.29, 0.717) is 6.54 Å². The molecule has 3 rings (SSSR count). The zero-order chi connectivity index (χ0) is 15.0. The Morgan fingerprint density at radius 1 is 1.10 bits per heavy atom. The molecule has 0 saturated carbocycles. The van der Waals surface area contributed by atoms with Crippen molar-refractivity contribution in [2.45, 2.75) is 27.3 Å². The zero-order valence-electron chi connectivity index (χ0n) is 12.9. The quantitative estimate of drug-likeness (QED) is 0.627. The molecule has 108 valence electrons. The van der Waals surface area contributed by atoms with Crippen molar-refractivity contribution in [3.8, 4) is 0 Å². The average Bonchev–Trinajstić information content (AvgIpc) is 2.85. The van der Waals surface area contributed by atoms with E-state index < -0.39 is 0 Å². The van der Waals surface area contributed by atoms with Gasteiger partial charge in [-0.15, -0.1) is 0 Å². The fraction of sp³-hybridized carbons (Fsp3) is 0.333. The number of hydrogen-bond acceptors (Lipinski definition) is 1. The third kappa shape index (κ3) is 2.56. The number of fused-ring (bicyclic) bond motifs is 1. The summed E-state index contributed by atoms with van der Waals surface area (Å²) in [7, 11) is 0. The molecule has 2 heterocycles. The normalized spacial score (nSPS) is 14.2. The average molecular weight is 281 g/mol. The lowest BCUT2D eigenvalue weighted by Gasteiger charge is -2.17. The van der Waals surface area contributed by atoms with Crippen LogP contribution in [0.2, 0.25) is 0 Å². The molecule has 1 aromatic carbocycles. The highest BCUT2D eigenvalue weighted by atomic mass is 16.1. The minimum absolute atomic E-state index is 0.186. The SMILES string of the molecule is CC1=[N+](CC(=O)c2ccc(C)cc2)CCn2c(C)ccc21. The second-order valence-corrected chi connectivity index (χ2v) is 5.81. The maximum absolute atomic E-state index is 12.4. The van der Waals surface area contributed by atoms with Gasteiger partial charge in [0.05, 0.1) is 6.54 Å². The maximum Gasteiger partial charge on any atom is 0.227 e. The Hall–Kier alpha value is -2.16. The molecule has 21 heavy (non-hydrogen) atoms. The van der Waals surface area contributed by atoms with Gasteiger partial charge in [0, 0.05) is 18.2 Å². The summed E-state index contributed by atoms with van der Waals surface area (Å²) in [6.07, 6.45) is 0. The highest BCUT2D eigenvalue weighted by molar-refractivity contribution is 5.99. The van der Waals surface area contributed by atoms with Crippen LogP contribution in [-0.4, -0.2) is 33.7 Å². The standard InChI is InChI=1S/C18H21N2O/c1-13-4-7-16(8-5-13)18(21)12-19-10-11-20-14(2)6-9-17(20)15(19)3/h4-9H,10-12H2,1-3H3/q+1. The first-order chi connectivity index (χ1) is 10.1. The number of ketones is 1. The first kappa shape index (κ1) is 13.8. The molecule has 1 aliphatic heterocycles. The lowest BCUT2D eigenvalue weighted by molar-refractivity contribution is -0.518. The van der Waals surface area contributed by atoms with Crippen LogP contribution < -0.4 is 0 Å². The van der Waals surface area contributed by atoms with E-state index in [-0.39, 0.29) is 5.78 Å². The van der Waals surface area contributed by atoms with E-state index in [1.807, 2.05) is 31.2 Å². The fourth-order valence-corrected chi connectivity index (χ4v) is 2.93. The van der Waals surface area contributed by atoms with Crippen molar-refractivity contribution < 1.29 is 9.37 Å². The first-order valence-electron chi connectivity index (χ1n) is 7.41. The summed E-state index contributed by atoms with van der Waals surface area (Å²) in [4.78, 5) is 12.4. The van der Waals surface area contributed by atoms with Gasteiger partial charge < -0.3 is 4.57 Å². The monoisotopic (exact) mass is 281 g/mol. The Labute approximate surface area is 125 Å². The third-order valence-corrected chi connectivity index (χ3v) is 4.35. The second kappa shape index (κ2) is 5.32. The number of carbonyl (C=O) groups is 1. The van der Waals surface area contributed by atoms with Gasteiger partial charge >= 0.3 is 0 Å². The summed E-state index contributed by atoms with van der Waals surface area (Å²) < 4.78 is 4.51. The molecule has 3 nitrogen and oxygen atoms in total. The smallest absolute Gasteiger partial charge is 0.227 e. The topological polar surface area (TPSA) is 25.0 Å². The van der Waals surface area contributed by atoms with E-state index in [0.717, 1.165) is 18.7 Å². The number of rotatable bonds is 3. The van der Waals surface area contributed by atoms with E-state index in [1.54, 1.807) is 0 Å². The maximum atomic E-state index is 12.4. The summed E-state index contributed by atoms with van der Waals surface area (Å²) in [5, 5.41) is 0. The third-order valence-electron chi connectivity index (χ3n) is 4.35. The fourth-order valence-electron chi connectivity index (χ4n) is 2.93. The van der Waals surface area contributed by atoms with Crippen molar-refractivity contribution in [2.75, 3.05) is 13.1 Å². The van der Waals surface area contributed by atoms with Crippen LogP contribution in [0, 0.1) is 13.8 Å². The zero-order valence-corrected chi connectivity index (χ0v) is 12.9. The molecule has 1 aromatic heterocycles. The Kier molecular flexibility index (Phi) is 3.50. The predicted octanol–water partition coefficient (Wildman–Crippen LogP) is 2.82. The van der Waals surface area contributed by atoms with Crippen LogP contribution in [0.1, 0.15) is 34.2 Å². The van der Waals surface area contributed by atoms with Gasteiger partial charge in [-0.3, -0.25) is 4.79 Å². The molecule has 0 radical (unpaired) electrons. The minimum Gasteiger partial charge on any atom is -0.334 e. The Bertz CT molecular complexity index is 720. The van der Waals surface area contributed by atoms with Crippen molar-refractivity contribution in [2.24, 2.45) is 0 Å². The predicted molar refractivity (Wildman–Crippen MR) is 84.5 cm³/mol. The van der Waals surface area contributed by atoms with Crippen LogP contribution in [0.4, 0.5) is 0 Å². The van der Waals surface area contributed by atoms with Crippen LogP contribution in [0.5, 0.6) is 0 Å². The van der Waals surface area contributed by atoms with Crippen LogP contribution >= 0.6 is 0 Å². The molecule has 0 fully saturated rings. The van der Waals surface area contributed by atoms with Crippen LogP contribution in [0.3, 0.4) is 0 Å². The van der Waals surface area contributed by atoms with Gasteiger partial charge in [0.2, 0.25) is 12.3 Å². The number of nitrogens with zero attached hydrogens (tertiary/aromatic N) is 2. The van der Waals surface area contributed by atoms with Gasteiger partial charge in [-0.25, -0.2) is 4.58 Å². The van der Waals surface area contributed by atoms with E-state index in [4.69, 9.17) is 0 Å². The van der Waals surface area contributed by atoms with Crippen molar-refractivity contribution in [3.63, 3.8) is 0 Å². The van der Waals surface area contributed by atoms with Crippen molar-refractivity contribution in [3.05, 3.63) is 58.9 Å². The van der Waals surface area contributed by atoms with E-state index >= 15 is 0 Å². The lowest BCUT2D eigenvalue weighted by Crippen LogP contribution is -2.35. The van der Waals surface area contributed by atoms with Gasteiger partial charge in [-0.2, -0.15) is 0 Å². The van der Waals surface area contributed by atoms with Crippen molar-refractivity contribution in [1.82, 2.24) is 4.57 Å². The van der Waals surface area contributed by atoms with Gasteiger partial charge in [0.15, 0.2) is 12.3 Å². The molecule has 0 spiro atoms. The molecule has 0 N–H and O–H groups in total. The van der Waals surface area contributed by atoms with Crippen LogP contribution in [-0.2, 0) is 6.54 Å². The summed E-state index contributed by atoms with van der Waals surface area (Å²) in [5.41, 5.74) is 5.69. The van der Waals surface area contributed by atoms with Gasteiger partial charge in [0.1, 0.15) is 5.69 Å². The second-order valence-electron chi connectivity index (χ2n) is 5.81. The molecule has 0 bridgehead atoms. The van der Waals surface area contributed by atoms with Crippen molar-refractivity contribution >= 4 is 11.5 Å². The largest absolute Gasteiger partial charge is 0.334 e. The summed E-state index contributed by atoms with van der Waals surface area (Å²) in [6.45, 7) is 8.57. The molecule has 0 atom stereocenters. The molecule has 3 heteroatoms. The van der Waals surface area contributed by atoms with Crippen LogP contribution in [0.15, 0.2) is 36.4 Å². The Balaban J connectivity index is 1.85. The molecule has 0 saturated heterocycles. The van der Waals surface area contributed by atoms with E-state index in [2.05, 4.69) is 35.1 Å². The number of hydrogen-bond donors (Lipinski definition) is 0. The molecule has 0 aliphatic carbocycles. The molecular weight excluding hydrogens is 260 g/mol. The number of benzene rings is 1. The number of aryl methyl sites for hydroxylation is 2. The number of carbonyl (C=O) groups excluding carboxylic acids is 1. The Morgan fingerprint density at radius 2 is 1.81 bits per heavy atom. The Morgan fingerprint density at radius 3 is 2.52 bits per heavy atom. The van der Waals surface area contributed by atoms with E-state index in [1.165, 1.54) is 22.7 Å². The summed E-state index contributed by atoms with van der Waals surface area (Å²) in [5.74, 6) is 0.186. The van der Waals surface area contributed by atoms with Gasteiger partial charge in [-0.1, -0.05) is 29.8 Å². The first-order valence-corrected chi connectivity index (χ1v) is 7.41. The van der Waals surface area contributed by atoms with Crippen LogP contribution in [0.25, 0.3) is 0 Å². The molecule has 2 aromatic rings. The van der Waals surface area contributed by atoms with E-state index in [9.17, 15) is 4.79 Å². The number of aromatic nitrogens is 1. The molecule has 0 unspecified atom stereocenters. The van der Waals surface area contributed by atoms with Gasteiger partial charge in [0.25, 0.3) is 0 Å².